The van der Waals surface area contributed by atoms with E-state index < -0.39 is 11.4 Å². The minimum absolute atomic E-state index is 0.00504. The van der Waals surface area contributed by atoms with Crippen molar-refractivity contribution in [2.24, 2.45) is 5.73 Å². The van der Waals surface area contributed by atoms with E-state index in [0.717, 1.165) is 11.1 Å². The highest BCUT2D eigenvalue weighted by Gasteiger charge is 2.26. The monoisotopic (exact) mass is 311 g/mol. The summed E-state index contributed by atoms with van der Waals surface area (Å²) in [6.07, 6.45) is 0.570. The molecule has 0 bridgehead atoms. The number of hydrogen-bond acceptors (Lipinski definition) is 1. The molecule has 0 fully saturated rings. The maximum atomic E-state index is 13.7. The van der Waals surface area contributed by atoms with Gasteiger partial charge in [0.25, 0.3) is 0 Å². The fourth-order valence-corrected chi connectivity index (χ4v) is 2.86. The molecule has 0 saturated heterocycles. The van der Waals surface area contributed by atoms with E-state index in [4.69, 9.17) is 28.9 Å². The molecule has 0 saturated carbocycles. The third kappa shape index (κ3) is 3.14. The number of halogens is 3. The lowest BCUT2D eigenvalue weighted by Gasteiger charge is -2.27. The lowest BCUT2D eigenvalue weighted by atomic mass is 9.85. The van der Waals surface area contributed by atoms with Crippen LogP contribution >= 0.6 is 23.2 Å². The first kappa shape index (κ1) is 15.3. The van der Waals surface area contributed by atoms with Crippen molar-refractivity contribution in [3.63, 3.8) is 0 Å². The van der Waals surface area contributed by atoms with Gasteiger partial charge in [-0.1, -0.05) is 47.5 Å². The van der Waals surface area contributed by atoms with Crippen LogP contribution in [0.2, 0.25) is 10.0 Å². The van der Waals surface area contributed by atoms with E-state index in [9.17, 15) is 4.39 Å². The Morgan fingerprint density at radius 2 is 1.80 bits per heavy atom. The first-order valence-corrected chi connectivity index (χ1v) is 7.05. The number of benzene rings is 2. The summed E-state index contributed by atoms with van der Waals surface area (Å²) in [7, 11) is 0. The third-order valence-electron chi connectivity index (χ3n) is 3.44. The minimum atomic E-state index is -0.769. The highest BCUT2D eigenvalue weighted by molar-refractivity contribution is 6.35. The summed E-state index contributed by atoms with van der Waals surface area (Å²) in [5.74, 6) is -0.507. The van der Waals surface area contributed by atoms with E-state index in [1.807, 2.05) is 38.1 Å². The van der Waals surface area contributed by atoms with Gasteiger partial charge in [0.05, 0.1) is 5.02 Å². The average molecular weight is 312 g/mol. The van der Waals surface area contributed by atoms with Crippen LogP contribution < -0.4 is 5.73 Å². The molecule has 0 aromatic heterocycles. The molecule has 20 heavy (non-hydrogen) atoms. The molecule has 2 aromatic rings. The second kappa shape index (κ2) is 5.72. The zero-order valence-corrected chi connectivity index (χ0v) is 12.9. The van der Waals surface area contributed by atoms with Crippen LogP contribution in [-0.4, -0.2) is 0 Å². The highest BCUT2D eigenvalue weighted by Crippen LogP contribution is 2.33. The maximum absolute atomic E-state index is 13.7. The zero-order valence-electron chi connectivity index (χ0n) is 11.4. The smallest absolute Gasteiger partial charge is 0.142 e. The number of hydrogen-bond donors (Lipinski definition) is 1. The van der Waals surface area contributed by atoms with Gasteiger partial charge in [0.15, 0.2) is 0 Å². The molecular formula is C16H16Cl2FN. The van der Waals surface area contributed by atoms with Crippen molar-refractivity contribution < 1.29 is 4.39 Å². The van der Waals surface area contributed by atoms with Gasteiger partial charge in [0, 0.05) is 10.6 Å². The van der Waals surface area contributed by atoms with Gasteiger partial charge in [-0.25, -0.2) is 4.39 Å². The lowest BCUT2D eigenvalue weighted by molar-refractivity contribution is 0.485. The molecule has 2 N–H and O–H groups in total. The Kier molecular flexibility index (Phi) is 4.38. The van der Waals surface area contributed by atoms with E-state index in [1.54, 1.807) is 0 Å². The van der Waals surface area contributed by atoms with Crippen LogP contribution in [0.5, 0.6) is 0 Å². The van der Waals surface area contributed by atoms with Gasteiger partial charge < -0.3 is 5.73 Å². The van der Waals surface area contributed by atoms with Gasteiger partial charge in [0.1, 0.15) is 5.82 Å². The van der Waals surface area contributed by atoms with Crippen LogP contribution in [0.1, 0.15) is 23.6 Å². The maximum Gasteiger partial charge on any atom is 0.142 e. The standard InChI is InChI=1S/C16H16Cl2FN/c1-10-5-3-4-6-11(10)9-16(2,20)12-7-15(19)14(18)8-13(12)17/h3-8H,9,20H2,1-2H3. The van der Waals surface area contributed by atoms with Crippen molar-refractivity contribution in [3.05, 3.63) is 69.0 Å². The van der Waals surface area contributed by atoms with Gasteiger partial charge in [-0.15, -0.1) is 0 Å². The molecule has 0 aliphatic heterocycles. The molecule has 2 rings (SSSR count). The topological polar surface area (TPSA) is 26.0 Å². The summed E-state index contributed by atoms with van der Waals surface area (Å²) in [5.41, 5.74) is 8.42. The largest absolute Gasteiger partial charge is 0.321 e. The SMILES string of the molecule is Cc1ccccc1CC(C)(N)c1cc(F)c(Cl)cc1Cl. The Bertz CT molecular complexity index is 638. The Labute approximate surface area is 128 Å². The highest BCUT2D eigenvalue weighted by atomic mass is 35.5. The van der Waals surface area contributed by atoms with Crippen LogP contribution in [0.25, 0.3) is 0 Å². The predicted octanol–water partition coefficient (Wildman–Crippen LogP) is 4.86. The second-order valence-corrected chi connectivity index (χ2v) is 6.08. The van der Waals surface area contributed by atoms with Crippen molar-refractivity contribution in [2.75, 3.05) is 0 Å². The van der Waals surface area contributed by atoms with E-state index in [-0.39, 0.29) is 5.02 Å². The van der Waals surface area contributed by atoms with Crippen LogP contribution in [0.4, 0.5) is 4.39 Å². The summed E-state index contributed by atoms with van der Waals surface area (Å²) in [6, 6.07) is 10.7. The lowest BCUT2D eigenvalue weighted by Crippen LogP contribution is -2.36. The van der Waals surface area contributed by atoms with Gasteiger partial charge >= 0.3 is 0 Å². The van der Waals surface area contributed by atoms with Crippen LogP contribution in [0, 0.1) is 12.7 Å². The van der Waals surface area contributed by atoms with Gasteiger partial charge in [-0.05, 0) is 49.1 Å². The summed E-state index contributed by atoms with van der Waals surface area (Å²) in [5, 5.41) is 0.389. The Hall–Kier alpha value is -1.09. The predicted molar refractivity (Wildman–Crippen MR) is 82.8 cm³/mol. The molecular weight excluding hydrogens is 296 g/mol. The molecule has 2 aromatic carbocycles. The minimum Gasteiger partial charge on any atom is -0.321 e. The molecule has 1 nitrogen and oxygen atoms in total. The van der Waals surface area contributed by atoms with Crippen molar-refractivity contribution in [1.29, 1.82) is 0 Å². The van der Waals surface area contributed by atoms with Gasteiger partial charge in [-0.3, -0.25) is 0 Å². The Morgan fingerprint density at radius 3 is 2.45 bits per heavy atom. The van der Waals surface area contributed by atoms with Gasteiger partial charge in [0.2, 0.25) is 0 Å². The second-order valence-electron chi connectivity index (χ2n) is 5.27. The molecule has 0 radical (unpaired) electrons. The molecule has 1 unspecified atom stereocenters. The summed E-state index contributed by atoms with van der Waals surface area (Å²) in [6.45, 7) is 3.86. The van der Waals surface area contributed by atoms with E-state index in [1.165, 1.54) is 12.1 Å². The molecule has 0 aliphatic rings. The number of nitrogens with two attached hydrogens (primary N) is 1. The normalized spacial score (nSPS) is 14.1. The van der Waals surface area contributed by atoms with Crippen molar-refractivity contribution in [2.45, 2.75) is 25.8 Å². The van der Waals surface area contributed by atoms with E-state index >= 15 is 0 Å². The quantitative estimate of drug-likeness (QED) is 0.805. The Balaban J connectivity index is 2.40. The Morgan fingerprint density at radius 1 is 1.15 bits per heavy atom. The number of aryl methyl sites for hydroxylation is 1. The van der Waals surface area contributed by atoms with Crippen LogP contribution in [-0.2, 0) is 12.0 Å². The fourth-order valence-electron chi connectivity index (χ4n) is 2.26. The van der Waals surface area contributed by atoms with Crippen LogP contribution in [0.3, 0.4) is 0 Å². The third-order valence-corrected chi connectivity index (χ3v) is 4.05. The molecule has 1 atom stereocenters. The van der Waals surface area contributed by atoms with Crippen molar-refractivity contribution in [1.82, 2.24) is 0 Å². The van der Waals surface area contributed by atoms with Gasteiger partial charge in [-0.2, -0.15) is 0 Å². The molecule has 0 heterocycles. The molecule has 0 amide bonds. The summed E-state index contributed by atoms with van der Waals surface area (Å²) < 4.78 is 13.7. The molecule has 4 heteroatoms. The first-order chi connectivity index (χ1) is 9.31. The fraction of sp³-hybridized carbons (Fsp3) is 0.250. The number of rotatable bonds is 3. The summed E-state index contributed by atoms with van der Waals surface area (Å²) >= 11 is 11.9. The molecule has 106 valence electrons. The van der Waals surface area contributed by atoms with Crippen molar-refractivity contribution in [3.8, 4) is 0 Å². The first-order valence-electron chi connectivity index (χ1n) is 6.29. The van der Waals surface area contributed by atoms with E-state index in [0.29, 0.717) is 17.0 Å². The van der Waals surface area contributed by atoms with E-state index in [2.05, 4.69) is 0 Å². The zero-order chi connectivity index (χ0) is 14.9. The molecule has 0 spiro atoms. The van der Waals surface area contributed by atoms with Crippen LogP contribution in [0.15, 0.2) is 36.4 Å². The summed E-state index contributed by atoms with van der Waals surface area (Å²) in [4.78, 5) is 0. The average Bonchev–Trinajstić information content (AvgIpc) is 2.36. The van der Waals surface area contributed by atoms with Crippen molar-refractivity contribution >= 4 is 23.2 Å². The molecule has 0 aliphatic carbocycles.